The second-order valence-corrected chi connectivity index (χ2v) is 12.3. The Morgan fingerprint density at radius 1 is 0.854 bits per heavy atom. The molecule has 0 bridgehead atoms. The van der Waals surface area contributed by atoms with Crippen molar-refractivity contribution in [1.29, 1.82) is 0 Å². The lowest BCUT2D eigenvalue weighted by atomic mass is 10.0. The van der Waals surface area contributed by atoms with E-state index in [2.05, 4.69) is 5.32 Å². The van der Waals surface area contributed by atoms with E-state index >= 15 is 0 Å². The van der Waals surface area contributed by atoms with Crippen molar-refractivity contribution in [1.82, 2.24) is 14.5 Å². The van der Waals surface area contributed by atoms with Crippen LogP contribution in [0, 0.1) is 17.6 Å². The molecule has 0 radical (unpaired) electrons. The van der Waals surface area contributed by atoms with Gasteiger partial charge in [-0.1, -0.05) is 74.5 Å². The van der Waals surface area contributed by atoms with Gasteiger partial charge >= 0.3 is 10.2 Å². The minimum Gasteiger partial charge on any atom is -0.354 e. The molecule has 1 atom stereocenters. The summed E-state index contributed by atoms with van der Waals surface area (Å²) in [5, 5.41) is 2.85. The number of amides is 2. The second-order valence-electron chi connectivity index (χ2n) is 10.2. The molecule has 0 fully saturated rings. The molecular formula is C30H36F2N4O4S. The van der Waals surface area contributed by atoms with Gasteiger partial charge < -0.3 is 10.2 Å². The van der Waals surface area contributed by atoms with Crippen molar-refractivity contribution in [2.45, 2.75) is 32.9 Å². The van der Waals surface area contributed by atoms with Crippen LogP contribution in [0.3, 0.4) is 0 Å². The third kappa shape index (κ3) is 8.34. The van der Waals surface area contributed by atoms with Gasteiger partial charge in [0.05, 0.1) is 5.69 Å². The van der Waals surface area contributed by atoms with E-state index in [0.717, 1.165) is 15.9 Å². The van der Waals surface area contributed by atoms with Gasteiger partial charge in [-0.2, -0.15) is 12.7 Å². The summed E-state index contributed by atoms with van der Waals surface area (Å²) in [5.74, 6) is -2.59. The fraction of sp³-hybridized carbons (Fsp3) is 0.333. The molecule has 3 aromatic rings. The van der Waals surface area contributed by atoms with E-state index in [0.29, 0.717) is 10.8 Å². The fourth-order valence-corrected chi connectivity index (χ4v) is 5.21. The van der Waals surface area contributed by atoms with E-state index in [4.69, 9.17) is 0 Å². The summed E-state index contributed by atoms with van der Waals surface area (Å²) in [7, 11) is -1.81. The topological polar surface area (TPSA) is 90.0 Å². The van der Waals surface area contributed by atoms with Crippen molar-refractivity contribution < 1.29 is 26.8 Å². The predicted octanol–water partition coefficient (Wildman–Crippen LogP) is 3.99. The van der Waals surface area contributed by atoms with E-state index in [-0.39, 0.29) is 30.1 Å². The van der Waals surface area contributed by atoms with E-state index in [1.54, 1.807) is 30.3 Å². The molecule has 1 unspecified atom stereocenters. The van der Waals surface area contributed by atoms with Gasteiger partial charge in [-0.15, -0.1) is 0 Å². The summed E-state index contributed by atoms with van der Waals surface area (Å²) in [5.41, 5.74) is 0.558. The number of rotatable bonds is 13. The van der Waals surface area contributed by atoms with Gasteiger partial charge in [0.1, 0.15) is 24.2 Å². The molecule has 0 aliphatic heterocycles. The fourth-order valence-electron chi connectivity index (χ4n) is 4.14. The first kappa shape index (κ1) is 31.7. The Labute approximate surface area is 240 Å². The van der Waals surface area contributed by atoms with Crippen molar-refractivity contribution in [3.63, 3.8) is 0 Å². The summed E-state index contributed by atoms with van der Waals surface area (Å²) in [6.07, 6.45) is 0.0884. The highest BCUT2D eigenvalue weighted by Crippen LogP contribution is 2.24. The van der Waals surface area contributed by atoms with E-state index in [1.165, 1.54) is 55.4 Å². The number of para-hydroxylation sites is 1. The number of carbonyl (C=O) groups is 2. The second kappa shape index (κ2) is 14.2. The molecule has 0 aliphatic carbocycles. The molecule has 0 aliphatic rings. The maximum atomic E-state index is 14.9. The van der Waals surface area contributed by atoms with Crippen molar-refractivity contribution >= 4 is 27.7 Å². The summed E-state index contributed by atoms with van der Waals surface area (Å²) in [6.45, 7) is 3.05. The zero-order chi connectivity index (χ0) is 30.2. The normalized spacial score (nSPS) is 12.3. The van der Waals surface area contributed by atoms with Gasteiger partial charge in [-0.25, -0.2) is 13.1 Å². The highest BCUT2D eigenvalue weighted by atomic mass is 32.2. The number of anilines is 1. The molecule has 0 saturated carbocycles. The third-order valence-corrected chi connectivity index (χ3v) is 8.20. The molecule has 41 heavy (non-hydrogen) atoms. The summed E-state index contributed by atoms with van der Waals surface area (Å²) in [6, 6.07) is 18.9. The number of nitrogens with one attached hydrogen (secondary N) is 1. The number of hydrogen-bond acceptors (Lipinski definition) is 4. The number of halogens is 2. The Kier molecular flexibility index (Phi) is 11.0. The monoisotopic (exact) mass is 586 g/mol. The van der Waals surface area contributed by atoms with Crippen molar-refractivity contribution in [2.24, 2.45) is 5.92 Å². The van der Waals surface area contributed by atoms with Gasteiger partial charge in [-0.05, 0) is 29.7 Å². The zero-order valence-electron chi connectivity index (χ0n) is 23.6. The molecule has 0 saturated heterocycles. The maximum Gasteiger partial charge on any atom is 0.304 e. The quantitative estimate of drug-likeness (QED) is 0.328. The minimum absolute atomic E-state index is 0.0884. The predicted molar refractivity (Wildman–Crippen MR) is 155 cm³/mol. The van der Waals surface area contributed by atoms with Crippen molar-refractivity contribution in [3.05, 3.63) is 102 Å². The molecule has 0 spiro atoms. The van der Waals surface area contributed by atoms with Crippen LogP contribution in [0.4, 0.5) is 14.5 Å². The average Bonchev–Trinajstić information content (AvgIpc) is 2.94. The molecule has 2 amide bonds. The highest BCUT2D eigenvalue weighted by Gasteiger charge is 2.35. The standard InChI is InChI=1S/C30H36F2N4O4S/c1-22(2)19-33-30(38)28(18-23-12-6-5-7-13-23)35(20-24-14-8-9-15-25(24)31)29(37)21-36(41(39,40)34(3)4)27-17-11-10-16-26(27)32/h5-17,22,28H,18-21H2,1-4H3,(H,33,38). The first-order valence-corrected chi connectivity index (χ1v) is 14.6. The largest absolute Gasteiger partial charge is 0.354 e. The molecule has 8 nitrogen and oxygen atoms in total. The van der Waals surface area contributed by atoms with Crippen LogP contribution in [0.2, 0.25) is 0 Å². The summed E-state index contributed by atoms with van der Waals surface area (Å²) < 4.78 is 57.8. The van der Waals surface area contributed by atoms with E-state index in [9.17, 15) is 26.8 Å². The Morgan fingerprint density at radius 3 is 2.02 bits per heavy atom. The lowest BCUT2D eigenvalue weighted by Gasteiger charge is -2.34. The average molecular weight is 587 g/mol. The molecule has 1 N–H and O–H groups in total. The molecule has 220 valence electrons. The first-order valence-electron chi connectivity index (χ1n) is 13.2. The van der Waals surface area contributed by atoms with Crippen LogP contribution >= 0.6 is 0 Å². The van der Waals surface area contributed by atoms with Crippen LogP contribution in [0.25, 0.3) is 0 Å². The number of hydrogen-bond donors (Lipinski definition) is 1. The van der Waals surface area contributed by atoms with Crippen LogP contribution in [-0.2, 0) is 32.8 Å². The van der Waals surface area contributed by atoms with Crippen LogP contribution in [0.5, 0.6) is 0 Å². The van der Waals surface area contributed by atoms with Crippen LogP contribution in [0.1, 0.15) is 25.0 Å². The number of nitrogens with zero attached hydrogens (tertiary/aromatic N) is 3. The van der Waals surface area contributed by atoms with Gasteiger partial charge in [0, 0.05) is 39.2 Å². The van der Waals surface area contributed by atoms with E-state index in [1.807, 2.05) is 19.9 Å². The molecule has 0 heterocycles. The molecule has 3 aromatic carbocycles. The maximum absolute atomic E-state index is 14.9. The number of benzene rings is 3. The molecule has 3 rings (SSSR count). The van der Waals surface area contributed by atoms with Crippen LogP contribution in [-0.4, -0.2) is 62.7 Å². The summed E-state index contributed by atoms with van der Waals surface area (Å²) >= 11 is 0. The molecular weight excluding hydrogens is 550 g/mol. The van der Waals surface area contributed by atoms with Crippen molar-refractivity contribution in [3.8, 4) is 0 Å². The molecule has 11 heteroatoms. The lowest BCUT2D eigenvalue weighted by molar-refractivity contribution is -0.140. The first-order chi connectivity index (χ1) is 19.4. The number of carbonyl (C=O) groups excluding carboxylic acids is 2. The highest BCUT2D eigenvalue weighted by molar-refractivity contribution is 7.90. The van der Waals surface area contributed by atoms with Crippen molar-refractivity contribution in [2.75, 3.05) is 31.5 Å². The van der Waals surface area contributed by atoms with Crippen LogP contribution < -0.4 is 9.62 Å². The van der Waals surface area contributed by atoms with Crippen LogP contribution in [0.15, 0.2) is 78.9 Å². The minimum atomic E-state index is -4.35. The summed E-state index contributed by atoms with van der Waals surface area (Å²) in [4.78, 5) is 28.8. The van der Waals surface area contributed by atoms with E-state index < -0.39 is 46.2 Å². The Morgan fingerprint density at radius 2 is 1.44 bits per heavy atom. The van der Waals surface area contributed by atoms with Gasteiger partial charge in [-0.3, -0.25) is 9.59 Å². The lowest BCUT2D eigenvalue weighted by Crippen LogP contribution is -2.54. The Bertz CT molecular complexity index is 1440. The zero-order valence-corrected chi connectivity index (χ0v) is 24.4. The third-order valence-electron chi connectivity index (χ3n) is 6.39. The Hall–Kier alpha value is -3.83. The smallest absolute Gasteiger partial charge is 0.304 e. The molecule has 0 aromatic heterocycles. The Balaban J connectivity index is 2.11. The van der Waals surface area contributed by atoms with Gasteiger partial charge in [0.25, 0.3) is 0 Å². The SMILES string of the molecule is CC(C)CNC(=O)C(Cc1ccccc1)N(Cc1ccccc1F)C(=O)CN(c1ccccc1F)S(=O)(=O)N(C)C. The van der Waals surface area contributed by atoms with Gasteiger partial charge in [0.2, 0.25) is 11.8 Å². The van der Waals surface area contributed by atoms with Gasteiger partial charge in [0.15, 0.2) is 0 Å².